The highest BCUT2D eigenvalue weighted by molar-refractivity contribution is 5.81. The molecule has 0 radical (unpaired) electrons. The third kappa shape index (κ3) is 2.66. The number of methoxy groups -OCH3 is 1. The summed E-state index contributed by atoms with van der Waals surface area (Å²) in [6, 6.07) is 0. The monoisotopic (exact) mass is 244 g/mol. The van der Waals surface area contributed by atoms with Crippen LogP contribution in [-0.4, -0.2) is 57.5 Å². The number of hydrogen-bond acceptors (Lipinski definition) is 6. The van der Waals surface area contributed by atoms with Crippen LogP contribution in [0.4, 0.5) is 0 Å². The summed E-state index contributed by atoms with van der Waals surface area (Å²) in [6.07, 6.45) is 0.101. The van der Waals surface area contributed by atoms with Crippen LogP contribution in [0.15, 0.2) is 12.7 Å². The van der Waals surface area contributed by atoms with Crippen molar-refractivity contribution in [2.24, 2.45) is 0 Å². The van der Waals surface area contributed by atoms with Crippen molar-refractivity contribution in [3.05, 3.63) is 12.7 Å². The van der Waals surface area contributed by atoms with Gasteiger partial charge in [0.1, 0.15) is 25.1 Å². The Hall–Kier alpha value is -0.950. The van der Waals surface area contributed by atoms with Gasteiger partial charge in [0.2, 0.25) is 0 Å². The fourth-order valence-corrected chi connectivity index (χ4v) is 2.03. The minimum atomic E-state index is -0.468. The third-order valence-electron chi connectivity index (χ3n) is 2.80. The van der Waals surface area contributed by atoms with Crippen LogP contribution in [0.3, 0.4) is 0 Å². The maximum Gasteiger partial charge on any atom is 0.330 e. The first-order chi connectivity index (χ1) is 8.26. The summed E-state index contributed by atoms with van der Waals surface area (Å²) in [5.74, 6) is -0.468. The number of fused-ring (bicyclic) bond motifs is 1. The van der Waals surface area contributed by atoms with E-state index in [0.717, 1.165) is 6.08 Å². The fourth-order valence-electron chi connectivity index (χ4n) is 2.03. The van der Waals surface area contributed by atoms with E-state index in [1.54, 1.807) is 7.11 Å². The minimum Gasteiger partial charge on any atom is -0.454 e. The molecule has 0 saturated carbocycles. The quantitative estimate of drug-likeness (QED) is 0.381. The van der Waals surface area contributed by atoms with Crippen LogP contribution in [0.25, 0.3) is 0 Å². The van der Waals surface area contributed by atoms with Crippen molar-refractivity contribution in [3.8, 4) is 0 Å². The topological polar surface area (TPSA) is 63.2 Å². The molecule has 0 spiro atoms. The Kier molecular flexibility index (Phi) is 4.11. The number of esters is 1. The van der Waals surface area contributed by atoms with Gasteiger partial charge in [-0.3, -0.25) is 0 Å². The van der Waals surface area contributed by atoms with E-state index in [2.05, 4.69) is 6.58 Å². The van der Waals surface area contributed by atoms with Crippen molar-refractivity contribution in [3.63, 3.8) is 0 Å². The molecule has 0 aromatic heterocycles. The van der Waals surface area contributed by atoms with Gasteiger partial charge in [-0.1, -0.05) is 6.58 Å². The van der Waals surface area contributed by atoms with Gasteiger partial charge in [0.15, 0.2) is 6.10 Å². The van der Waals surface area contributed by atoms with E-state index in [0.29, 0.717) is 13.2 Å². The zero-order chi connectivity index (χ0) is 12.3. The molecule has 2 rings (SSSR count). The van der Waals surface area contributed by atoms with Crippen LogP contribution in [0.1, 0.15) is 0 Å². The molecule has 0 aromatic rings. The van der Waals surface area contributed by atoms with Crippen molar-refractivity contribution in [2.75, 3.05) is 27.1 Å². The summed E-state index contributed by atoms with van der Waals surface area (Å²) < 4.78 is 26.4. The van der Waals surface area contributed by atoms with Crippen molar-refractivity contribution in [1.82, 2.24) is 0 Å². The maximum absolute atomic E-state index is 11.1. The molecule has 2 aliphatic heterocycles. The molecule has 96 valence electrons. The zero-order valence-electron chi connectivity index (χ0n) is 9.66. The Balaban J connectivity index is 1.88. The van der Waals surface area contributed by atoms with Crippen molar-refractivity contribution in [1.29, 1.82) is 0 Å². The average molecular weight is 244 g/mol. The molecule has 0 N–H and O–H groups in total. The van der Waals surface area contributed by atoms with Gasteiger partial charge in [0, 0.05) is 13.2 Å². The normalized spacial score (nSPS) is 35.6. The van der Waals surface area contributed by atoms with Crippen LogP contribution in [-0.2, 0) is 28.5 Å². The van der Waals surface area contributed by atoms with E-state index in [1.807, 2.05) is 0 Å². The third-order valence-corrected chi connectivity index (χ3v) is 2.80. The summed E-state index contributed by atoms with van der Waals surface area (Å²) in [7, 11) is 1.55. The summed E-state index contributed by atoms with van der Waals surface area (Å²) in [6.45, 7) is 4.28. The fraction of sp³-hybridized carbons (Fsp3) is 0.727. The Morgan fingerprint density at radius 3 is 2.65 bits per heavy atom. The van der Waals surface area contributed by atoms with E-state index in [-0.39, 0.29) is 31.2 Å². The Morgan fingerprint density at radius 1 is 1.35 bits per heavy atom. The van der Waals surface area contributed by atoms with Gasteiger partial charge in [-0.15, -0.1) is 0 Å². The first-order valence-electron chi connectivity index (χ1n) is 5.43. The summed E-state index contributed by atoms with van der Waals surface area (Å²) in [5, 5.41) is 0. The lowest BCUT2D eigenvalue weighted by Crippen LogP contribution is -2.35. The van der Waals surface area contributed by atoms with Crippen LogP contribution >= 0.6 is 0 Å². The first-order valence-corrected chi connectivity index (χ1v) is 5.43. The van der Waals surface area contributed by atoms with E-state index in [9.17, 15) is 4.79 Å². The van der Waals surface area contributed by atoms with Crippen molar-refractivity contribution in [2.45, 2.75) is 24.4 Å². The summed E-state index contributed by atoms with van der Waals surface area (Å²) in [5.41, 5.74) is 0. The van der Waals surface area contributed by atoms with Crippen LogP contribution in [0.2, 0.25) is 0 Å². The predicted molar refractivity (Wildman–Crippen MR) is 56.3 cm³/mol. The predicted octanol–water partition coefficient (Wildman–Crippen LogP) is -0.129. The molecule has 6 heteroatoms. The molecule has 2 saturated heterocycles. The molecule has 2 fully saturated rings. The molecule has 6 nitrogen and oxygen atoms in total. The lowest BCUT2D eigenvalue weighted by Gasteiger charge is -2.16. The van der Waals surface area contributed by atoms with Gasteiger partial charge in [-0.05, 0) is 0 Å². The molecule has 0 bridgehead atoms. The van der Waals surface area contributed by atoms with Gasteiger partial charge in [-0.25, -0.2) is 4.79 Å². The second-order valence-electron chi connectivity index (χ2n) is 3.89. The van der Waals surface area contributed by atoms with E-state index < -0.39 is 5.97 Å². The second kappa shape index (κ2) is 5.59. The van der Waals surface area contributed by atoms with Gasteiger partial charge in [0.05, 0.1) is 13.2 Å². The standard InChI is InChI=1S/C11H16O6/c1-3-9(12)17-8-5-15-10-7(16-6-13-2)4-14-11(8)10/h3,7-8,10-11H,1,4-6H2,2H3. The number of hydrogen-bond donors (Lipinski definition) is 0. The largest absolute Gasteiger partial charge is 0.454 e. The second-order valence-corrected chi connectivity index (χ2v) is 3.89. The highest BCUT2D eigenvalue weighted by Crippen LogP contribution is 2.30. The zero-order valence-corrected chi connectivity index (χ0v) is 9.66. The van der Waals surface area contributed by atoms with Gasteiger partial charge >= 0.3 is 5.97 Å². The molecule has 0 aromatic carbocycles. The Bertz CT molecular complexity index is 292. The Labute approximate surface area is 99.4 Å². The molecule has 4 atom stereocenters. The van der Waals surface area contributed by atoms with Gasteiger partial charge in [-0.2, -0.15) is 0 Å². The number of carbonyl (C=O) groups excluding carboxylic acids is 1. The molecule has 0 aliphatic carbocycles. The van der Waals surface area contributed by atoms with Crippen LogP contribution < -0.4 is 0 Å². The van der Waals surface area contributed by atoms with Gasteiger partial charge in [0.25, 0.3) is 0 Å². The lowest BCUT2D eigenvalue weighted by atomic mass is 10.1. The minimum absolute atomic E-state index is 0.174. The van der Waals surface area contributed by atoms with E-state index in [1.165, 1.54) is 0 Å². The average Bonchev–Trinajstić information content (AvgIpc) is 2.90. The van der Waals surface area contributed by atoms with Crippen molar-refractivity contribution >= 4 is 5.97 Å². The van der Waals surface area contributed by atoms with Crippen LogP contribution in [0, 0.1) is 0 Å². The molecule has 4 unspecified atom stereocenters. The maximum atomic E-state index is 11.1. The number of ether oxygens (including phenoxy) is 5. The summed E-state index contributed by atoms with van der Waals surface area (Å²) >= 11 is 0. The molecule has 0 amide bonds. The first kappa shape index (κ1) is 12.5. The van der Waals surface area contributed by atoms with Gasteiger partial charge < -0.3 is 23.7 Å². The molecular weight excluding hydrogens is 228 g/mol. The smallest absolute Gasteiger partial charge is 0.330 e. The molecule has 17 heavy (non-hydrogen) atoms. The van der Waals surface area contributed by atoms with Crippen molar-refractivity contribution < 1.29 is 28.5 Å². The lowest BCUT2D eigenvalue weighted by molar-refractivity contribution is -0.148. The summed E-state index contributed by atoms with van der Waals surface area (Å²) in [4.78, 5) is 11.1. The number of rotatable bonds is 5. The van der Waals surface area contributed by atoms with Crippen LogP contribution in [0.5, 0.6) is 0 Å². The van der Waals surface area contributed by atoms with E-state index in [4.69, 9.17) is 23.7 Å². The molecule has 2 aliphatic rings. The molecular formula is C11H16O6. The highest BCUT2D eigenvalue weighted by atomic mass is 16.7. The SMILES string of the molecule is C=CC(=O)OC1COC2C(OCOC)COC12. The molecule has 2 heterocycles. The number of carbonyl (C=O) groups is 1. The highest BCUT2D eigenvalue weighted by Gasteiger charge is 2.49. The Morgan fingerprint density at radius 2 is 2.00 bits per heavy atom. The van der Waals surface area contributed by atoms with E-state index >= 15 is 0 Å².